The molecule has 0 saturated carbocycles. The summed E-state index contributed by atoms with van der Waals surface area (Å²) in [5.41, 5.74) is 8.77. The van der Waals surface area contributed by atoms with Crippen molar-refractivity contribution >= 4 is 40.4 Å². The molecular formula is C20H22ClN7. The first-order valence-corrected chi connectivity index (χ1v) is 9.55. The van der Waals surface area contributed by atoms with E-state index < -0.39 is 0 Å². The molecule has 0 aliphatic carbocycles. The first kappa shape index (κ1) is 18.3. The van der Waals surface area contributed by atoms with E-state index >= 15 is 0 Å². The standard InChI is InChI=1S/C20H22ClN7/c1-14-15(21)5-4-6-16(14)26-19-18(22)20(25-13-24-19)28-11-9-27(10-12-28)17-7-2-3-8-23-17/h2-8,13H,9-12,22H2,1H3,(H,24,25,26). The van der Waals surface area contributed by atoms with Crippen LogP contribution in [0.3, 0.4) is 0 Å². The Balaban J connectivity index is 1.50. The van der Waals surface area contributed by atoms with Gasteiger partial charge in [-0.25, -0.2) is 15.0 Å². The molecule has 8 heteroatoms. The van der Waals surface area contributed by atoms with Crippen LogP contribution in [0.25, 0.3) is 0 Å². The van der Waals surface area contributed by atoms with Crippen molar-refractivity contribution in [2.24, 2.45) is 0 Å². The van der Waals surface area contributed by atoms with Gasteiger partial charge in [0.15, 0.2) is 11.6 Å². The van der Waals surface area contributed by atoms with Gasteiger partial charge in [0.1, 0.15) is 17.8 Å². The molecule has 1 fully saturated rings. The lowest BCUT2D eigenvalue weighted by Gasteiger charge is -2.36. The van der Waals surface area contributed by atoms with Crippen molar-refractivity contribution in [1.29, 1.82) is 0 Å². The number of hydrogen-bond acceptors (Lipinski definition) is 7. The lowest BCUT2D eigenvalue weighted by molar-refractivity contribution is 0.642. The highest BCUT2D eigenvalue weighted by Crippen LogP contribution is 2.32. The lowest BCUT2D eigenvalue weighted by Crippen LogP contribution is -2.47. The second kappa shape index (κ2) is 7.90. The van der Waals surface area contributed by atoms with Gasteiger partial charge in [0.25, 0.3) is 0 Å². The van der Waals surface area contributed by atoms with Crippen LogP contribution in [-0.2, 0) is 0 Å². The number of halogens is 1. The topological polar surface area (TPSA) is 83.2 Å². The number of anilines is 5. The van der Waals surface area contributed by atoms with E-state index in [1.165, 1.54) is 0 Å². The average molecular weight is 396 g/mol. The Kier molecular flexibility index (Phi) is 5.16. The quantitative estimate of drug-likeness (QED) is 0.699. The summed E-state index contributed by atoms with van der Waals surface area (Å²) < 4.78 is 0. The molecule has 2 aromatic heterocycles. The van der Waals surface area contributed by atoms with Gasteiger partial charge < -0.3 is 20.9 Å². The van der Waals surface area contributed by atoms with Crippen LogP contribution >= 0.6 is 11.6 Å². The molecule has 0 bridgehead atoms. The second-order valence-corrected chi connectivity index (χ2v) is 7.07. The highest BCUT2D eigenvalue weighted by molar-refractivity contribution is 6.31. The van der Waals surface area contributed by atoms with E-state index in [1.807, 2.05) is 49.5 Å². The van der Waals surface area contributed by atoms with E-state index in [4.69, 9.17) is 17.3 Å². The van der Waals surface area contributed by atoms with Crippen molar-refractivity contribution in [2.75, 3.05) is 47.0 Å². The minimum atomic E-state index is 0.535. The van der Waals surface area contributed by atoms with Gasteiger partial charge in [-0.05, 0) is 36.8 Å². The zero-order valence-electron chi connectivity index (χ0n) is 15.6. The molecule has 0 radical (unpaired) electrons. The van der Waals surface area contributed by atoms with Crippen LogP contribution in [0.15, 0.2) is 48.9 Å². The van der Waals surface area contributed by atoms with Crippen LogP contribution in [0.1, 0.15) is 5.56 Å². The Morgan fingerprint density at radius 3 is 2.50 bits per heavy atom. The zero-order valence-corrected chi connectivity index (χ0v) is 16.4. The Bertz CT molecular complexity index is 956. The van der Waals surface area contributed by atoms with Crippen LogP contribution < -0.4 is 20.9 Å². The molecule has 0 atom stereocenters. The molecule has 0 amide bonds. The molecular weight excluding hydrogens is 374 g/mol. The maximum atomic E-state index is 6.41. The van der Waals surface area contributed by atoms with Gasteiger partial charge in [0.2, 0.25) is 0 Å². The van der Waals surface area contributed by atoms with Gasteiger partial charge in [0.05, 0.1) is 0 Å². The number of nitrogen functional groups attached to an aromatic ring is 1. The fourth-order valence-electron chi connectivity index (χ4n) is 3.30. The van der Waals surface area contributed by atoms with Gasteiger partial charge in [0, 0.05) is 43.1 Å². The van der Waals surface area contributed by atoms with Crippen molar-refractivity contribution in [1.82, 2.24) is 15.0 Å². The average Bonchev–Trinajstić information content (AvgIpc) is 2.74. The normalized spacial score (nSPS) is 14.2. The van der Waals surface area contributed by atoms with Crippen LogP contribution in [0.5, 0.6) is 0 Å². The van der Waals surface area contributed by atoms with Crippen LogP contribution in [0.4, 0.5) is 28.8 Å². The zero-order chi connectivity index (χ0) is 19.5. The molecule has 3 heterocycles. The van der Waals surface area contributed by atoms with E-state index in [1.54, 1.807) is 6.33 Å². The van der Waals surface area contributed by atoms with Crippen molar-refractivity contribution in [3.05, 3.63) is 59.5 Å². The molecule has 0 unspecified atom stereocenters. The smallest absolute Gasteiger partial charge is 0.159 e. The Hall–Kier alpha value is -3.06. The Morgan fingerprint density at radius 1 is 0.964 bits per heavy atom. The third kappa shape index (κ3) is 3.66. The molecule has 1 aliphatic rings. The molecule has 1 saturated heterocycles. The van der Waals surface area contributed by atoms with Gasteiger partial charge in [-0.1, -0.05) is 23.7 Å². The summed E-state index contributed by atoms with van der Waals surface area (Å²) in [6, 6.07) is 11.7. The van der Waals surface area contributed by atoms with E-state index in [0.29, 0.717) is 16.5 Å². The van der Waals surface area contributed by atoms with E-state index in [9.17, 15) is 0 Å². The number of rotatable bonds is 4. The van der Waals surface area contributed by atoms with Crippen LogP contribution in [-0.4, -0.2) is 41.1 Å². The molecule has 0 spiro atoms. The minimum Gasteiger partial charge on any atom is -0.393 e. The number of piperazine rings is 1. The third-order valence-corrected chi connectivity index (χ3v) is 5.35. The minimum absolute atomic E-state index is 0.535. The predicted octanol–water partition coefficient (Wildman–Crippen LogP) is 3.49. The summed E-state index contributed by atoms with van der Waals surface area (Å²) in [5, 5.41) is 3.99. The van der Waals surface area contributed by atoms with Crippen molar-refractivity contribution < 1.29 is 0 Å². The SMILES string of the molecule is Cc1c(Cl)cccc1Nc1ncnc(N2CCN(c3ccccn3)CC2)c1N. The van der Waals surface area contributed by atoms with Crippen LogP contribution in [0, 0.1) is 6.92 Å². The fraction of sp³-hybridized carbons (Fsp3) is 0.250. The number of aromatic nitrogens is 3. The monoisotopic (exact) mass is 395 g/mol. The van der Waals surface area contributed by atoms with Crippen molar-refractivity contribution in [3.63, 3.8) is 0 Å². The largest absolute Gasteiger partial charge is 0.393 e. The van der Waals surface area contributed by atoms with E-state index in [2.05, 4.69) is 30.1 Å². The van der Waals surface area contributed by atoms with Gasteiger partial charge in [-0.3, -0.25) is 0 Å². The first-order valence-electron chi connectivity index (χ1n) is 9.17. The maximum absolute atomic E-state index is 6.41. The van der Waals surface area contributed by atoms with Crippen molar-refractivity contribution in [2.45, 2.75) is 6.92 Å². The first-order chi connectivity index (χ1) is 13.6. The number of nitrogens with zero attached hydrogens (tertiary/aromatic N) is 5. The number of benzene rings is 1. The van der Waals surface area contributed by atoms with E-state index in [0.717, 1.165) is 49.1 Å². The molecule has 1 aliphatic heterocycles. The fourth-order valence-corrected chi connectivity index (χ4v) is 3.47. The van der Waals surface area contributed by atoms with Gasteiger partial charge >= 0.3 is 0 Å². The molecule has 3 aromatic rings. The lowest BCUT2D eigenvalue weighted by atomic mass is 10.2. The number of nitrogens with two attached hydrogens (primary N) is 1. The summed E-state index contributed by atoms with van der Waals surface area (Å²) in [6.45, 7) is 5.30. The molecule has 3 N–H and O–H groups in total. The Labute approximate surface area is 169 Å². The number of pyridine rings is 1. The molecule has 28 heavy (non-hydrogen) atoms. The summed E-state index contributed by atoms with van der Waals surface area (Å²) in [4.78, 5) is 17.6. The highest BCUT2D eigenvalue weighted by atomic mass is 35.5. The summed E-state index contributed by atoms with van der Waals surface area (Å²) in [5.74, 6) is 2.33. The molecule has 144 valence electrons. The molecule has 4 rings (SSSR count). The molecule has 1 aromatic carbocycles. The summed E-state index contributed by atoms with van der Waals surface area (Å²) in [6.07, 6.45) is 3.36. The van der Waals surface area contributed by atoms with E-state index in [-0.39, 0.29) is 0 Å². The molecule has 7 nitrogen and oxygen atoms in total. The highest BCUT2D eigenvalue weighted by Gasteiger charge is 2.22. The number of hydrogen-bond donors (Lipinski definition) is 2. The number of nitrogens with one attached hydrogen (secondary N) is 1. The second-order valence-electron chi connectivity index (χ2n) is 6.66. The third-order valence-electron chi connectivity index (χ3n) is 4.94. The Morgan fingerprint density at radius 2 is 1.75 bits per heavy atom. The van der Waals surface area contributed by atoms with Crippen molar-refractivity contribution in [3.8, 4) is 0 Å². The predicted molar refractivity (Wildman–Crippen MR) is 115 cm³/mol. The van der Waals surface area contributed by atoms with Gasteiger partial charge in [-0.15, -0.1) is 0 Å². The van der Waals surface area contributed by atoms with Gasteiger partial charge in [-0.2, -0.15) is 0 Å². The summed E-state index contributed by atoms with van der Waals surface area (Å²) in [7, 11) is 0. The maximum Gasteiger partial charge on any atom is 0.159 e. The summed E-state index contributed by atoms with van der Waals surface area (Å²) >= 11 is 6.22. The van der Waals surface area contributed by atoms with Crippen LogP contribution in [0.2, 0.25) is 5.02 Å².